The standard InChI is InChI=1S/C28H40N4O8/c1-18(17-33)32-24-26(36)31(11-10-30-12-14-38-15-13-30)9-5-3-4-6-21(34)29-16-19(2)39-27(37)22-20-7-8-28(24,40-20)23(22)25(32)35/h3,5,7-8,18-20,22-24,33H,4,6,9-17H2,1-2H3,(H,29,34)/b5-3-/t18-,19-,20+,22-,23-,24+,28-/m1/s1. The molecular formula is C28H40N4O8. The van der Waals surface area contributed by atoms with Gasteiger partial charge in [-0.15, -0.1) is 0 Å². The summed E-state index contributed by atoms with van der Waals surface area (Å²) in [6, 6.07) is -1.70. The Balaban J connectivity index is 1.50. The molecule has 5 heterocycles. The lowest BCUT2D eigenvalue weighted by Crippen LogP contribution is -2.58. The Hall–Kier alpha value is -2.80. The number of carbonyl (C=O) groups excluding carboxylic acids is 4. The highest BCUT2D eigenvalue weighted by Crippen LogP contribution is 2.56. The molecule has 3 fully saturated rings. The van der Waals surface area contributed by atoms with Crippen molar-refractivity contribution < 1.29 is 38.5 Å². The summed E-state index contributed by atoms with van der Waals surface area (Å²) < 4.78 is 17.5. The van der Waals surface area contributed by atoms with Crippen molar-refractivity contribution in [2.45, 2.75) is 56.6 Å². The number of morpholine rings is 1. The zero-order valence-electron chi connectivity index (χ0n) is 23.2. The minimum absolute atomic E-state index is 0.149. The average molecular weight is 561 g/mol. The number of fused-ring (bicyclic) bond motifs is 2. The van der Waals surface area contributed by atoms with E-state index in [1.54, 1.807) is 30.9 Å². The number of nitrogens with one attached hydrogen (secondary N) is 1. The minimum Gasteiger partial charge on any atom is -0.460 e. The maximum atomic E-state index is 14.4. The summed E-state index contributed by atoms with van der Waals surface area (Å²) in [4.78, 5) is 59.5. The van der Waals surface area contributed by atoms with Crippen molar-refractivity contribution in [2.75, 3.05) is 59.1 Å². The number of aliphatic hydroxyl groups excluding tert-OH is 1. The van der Waals surface area contributed by atoms with Gasteiger partial charge >= 0.3 is 5.97 Å². The average Bonchev–Trinajstić information content (AvgIpc) is 3.60. The predicted molar refractivity (Wildman–Crippen MR) is 142 cm³/mol. The fraction of sp³-hybridized carbons (Fsp3) is 0.714. The number of hydrogen-bond acceptors (Lipinski definition) is 9. The van der Waals surface area contributed by atoms with Gasteiger partial charge in [-0.05, 0) is 20.3 Å². The van der Waals surface area contributed by atoms with Gasteiger partial charge in [0.25, 0.3) is 0 Å². The Morgan fingerprint density at radius 2 is 1.90 bits per heavy atom. The quantitative estimate of drug-likeness (QED) is 0.323. The summed E-state index contributed by atoms with van der Waals surface area (Å²) in [6.07, 6.45) is 6.68. The van der Waals surface area contributed by atoms with Crippen LogP contribution >= 0.6 is 0 Å². The van der Waals surface area contributed by atoms with Crippen LogP contribution in [0.25, 0.3) is 0 Å². The van der Waals surface area contributed by atoms with Crippen LogP contribution in [0.5, 0.6) is 0 Å². The maximum Gasteiger partial charge on any atom is 0.313 e. The molecule has 3 saturated heterocycles. The Labute approximate surface area is 234 Å². The van der Waals surface area contributed by atoms with E-state index in [9.17, 15) is 24.3 Å². The second-order valence-corrected chi connectivity index (χ2v) is 11.3. The maximum absolute atomic E-state index is 14.4. The number of carbonyl (C=O) groups is 4. The number of esters is 1. The number of ether oxygens (including phenoxy) is 3. The summed E-state index contributed by atoms with van der Waals surface area (Å²) in [6.45, 7) is 7.31. The lowest BCUT2D eigenvalue weighted by atomic mass is 9.74. The van der Waals surface area contributed by atoms with Gasteiger partial charge in [0.15, 0.2) is 0 Å². The molecule has 12 nitrogen and oxygen atoms in total. The summed E-state index contributed by atoms with van der Waals surface area (Å²) in [7, 11) is 0. The number of rotatable bonds is 5. The van der Waals surface area contributed by atoms with E-state index < -0.39 is 53.6 Å². The van der Waals surface area contributed by atoms with Crippen LogP contribution in [-0.4, -0.2) is 132 Å². The zero-order valence-corrected chi connectivity index (χ0v) is 23.2. The topological polar surface area (TPSA) is 138 Å². The van der Waals surface area contributed by atoms with E-state index in [0.717, 1.165) is 13.1 Å². The molecule has 5 bridgehead atoms. The fourth-order valence-corrected chi connectivity index (χ4v) is 6.47. The first-order valence-electron chi connectivity index (χ1n) is 14.3. The lowest BCUT2D eigenvalue weighted by Gasteiger charge is -2.38. The van der Waals surface area contributed by atoms with Gasteiger partial charge in [0, 0.05) is 39.1 Å². The monoisotopic (exact) mass is 560 g/mol. The molecule has 0 unspecified atom stereocenters. The molecule has 2 N–H and O–H groups in total. The summed E-state index contributed by atoms with van der Waals surface area (Å²) in [5.41, 5.74) is -1.34. The normalized spacial score (nSPS) is 36.9. The Morgan fingerprint density at radius 1 is 1.12 bits per heavy atom. The van der Waals surface area contributed by atoms with E-state index in [1.165, 1.54) is 4.90 Å². The molecule has 0 aromatic rings. The van der Waals surface area contributed by atoms with Gasteiger partial charge in [-0.2, -0.15) is 0 Å². The molecule has 40 heavy (non-hydrogen) atoms. The summed E-state index contributed by atoms with van der Waals surface area (Å²) in [5, 5.41) is 12.9. The third-order valence-corrected chi connectivity index (χ3v) is 8.59. The molecule has 0 aromatic heterocycles. The molecule has 0 radical (unpaired) electrons. The van der Waals surface area contributed by atoms with Crippen molar-refractivity contribution in [3.8, 4) is 0 Å². The van der Waals surface area contributed by atoms with E-state index in [-0.39, 0.29) is 37.9 Å². The third-order valence-electron chi connectivity index (χ3n) is 8.59. The molecule has 0 aromatic carbocycles. The summed E-state index contributed by atoms with van der Waals surface area (Å²) in [5.74, 6) is -3.35. The van der Waals surface area contributed by atoms with Gasteiger partial charge in [-0.25, -0.2) is 0 Å². The number of likely N-dealkylation sites (tertiary alicyclic amines) is 1. The van der Waals surface area contributed by atoms with E-state index >= 15 is 0 Å². The molecule has 220 valence electrons. The van der Waals surface area contributed by atoms with E-state index in [4.69, 9.17) is 14.2 Å². The predicted octanol–water partition coefficient (Wildman–Crippen LogP) is -0.923. The van der Waals surface area contributed by atoms with Crippen LogP contribution in [0, 0.1) is 11.8 Å². The highest BCUT2D eigenvalue weighted by molar-refractivity contribution is 5.99. The molecule has 3 amide bonds. The van der Waals surface area contributed by atoms with Gasteiger partial charge in [0.2, 0.25) is 17.7 Å². The van der Waals surface area contributed by atoms with Gasteiger partial charge in [-0.3, -0.25) is 24.1 Å². The van der Waals surface area contributed by atoms with Crippen LogP contribution < -0.4 is 5.32 Å². The van der Waals surface area contributed by atoms with Crippen LogP contribution in [0.2, 0.25) is 0 Å². The number of nitrogens with zero attached hydrogens (tertiary/aromatic N) is 3. The van der Waals surface area contributed by atoms with Crippen LogP contribution in [0.1, 0.15) is 26.7 Å². The number of hydrogen-bond donors (Lipinski definition) is 2. The molecule has 5 aliphatic rings. The van der Waals surface area contributed by atoms with Gasteiger partial charge < -0.3 is 34.4 Å². The second kappa shape index (κ2) is 12.0. The minimum atomic E-state index is -1.34. The molecule has 0 saturated carbocycles. The smallest absolute Gasteiger partial charge is 0.313 e. The first-order valence-corrected chi connectivity index (χ1v) is 14.3. The Kier molecular flexibility index (Phi) is 8.60. The van der Waals surface area contributed by atoms with E-state index in [0.29, 0.717) is 32.7 Å². The van der Waals surface area contributed by atoms with Crippen molar-refractivity contribution in [2.24, 2.45) is 11.8 Å². The van der Waals surface area contributed by atoms with Crippen LogP contribution in [0.4, 0.5) is 0 Å². The first kappa shape index (κ1) is 28.7. The van der Waals surface area contributed by atoms with Crippen molar-refractivity contribution in [1.82, 2.24) is 20.0 Å². The highest BCUT2D eigenvalue weighted by atomic mass is 16.6. The molecule has 12 heteroatoms. The third kappa shape index (κ3) is 5.29. The van der Waals surface area contributed by atoms with E-state index in [2.05, 4.69) is 10.2 Å². The Morgan fingerprint density at radius 3 is 2.65 bits per heavy atom. The number of aliphatic hydroxyl groups is 1. The fourth-order valence-electron chi connectivity index (χ4n) is 6.47. The van der Waals surface area contributed by atoms with Crippen molar-refractivity contribution >= 4 is 23.7 Å². The number of cyclic esters (lactones) is 1. The summed E-state index contributed by atoms with van der Waals surface area (Å²) >= 11 is 0. The first-order chi connectivity index (χ1) is 19.3. The number of amides is 3. The number of allylic oxidation sites excluding steroid dienone is 1. The molecule has 5 rings (SSSR count). The van der Waals surface area contributed by atoms with Crippen LogP contribution in [-0.2, 0) is 33.4 Å². The molecular weight excluding hydrogens is 520 g/mol. The molecule has 5 aliphatic heterocycles. The molecule has 7 atom stereocenters. The zero-order chi connectivity index (χ0) is 28.4. The van der Waals surface area contributed by atoms with Gasteiger partial charge in [-0.1, -0.05) is 24.3 Å². The van der Waals surface area contributed by atoms with Gasteiger partial charge in [0.05, 0.1) is 44.4 Å². The highest BCUT2D eigenvalue weighted by Gasteiger charge is 2.74. The Bertz CT molecular complexity index is 1060. The molecule has 0 aliphatic carbocycles. The SMILES string of the molecule is C[C@@H]1CNC(=O)CC/C=C\CN(CCN2CCOCC2)C(=O)[C@@H]2N([C@H](C)CO)C(=O)[C@H]3[C@H](C(=O)O1)[C@@H]1C=C[C@]23O1. The van der Waals surface area contributed by atoms with Crippen LogP contribution in [0.15, 0.2) is 24.3 Å². The van der Waals surface area contributed by atoms with Crippen molar-refractivity contribution in [3.05, 3.63) is 24.3 Å². The van der Waals surface area contributed by atoms with Crippen molar-refractivity contribution in [3.63, 3.8) is 0 Å². The molecule has 1 spiro atoms. The van der Waals surface area contributed by atoms with Gasteiger partial charge in [0.1, 0.15) is 23.7 Å². The van der Waals surface area contributed by atoms with Crippen molar-refractivity contribution in [1.29, 1.82) is 0 Å². The van der Waals surface area contributed by atoms with Crippen LogP contribution in [0.3, 0.4) is 0 Å². The van der Waals surface area contributed by atoms with E-state index in [1.807, 2.05) is 12.2 Å². The largest absolute Gasteiger partial charge is 0.460 e. The second-order valence-electron chi connectivity index (χ2n) is 11.3. The lowest BCUT2D eigenvalue weighted by molar-refractivity contribution is -0.159.